The van der Waals surface area contributed by atoms with Gasteiger partial charge in [-0.3, -0.25) is 4.79 Å². The number of oxazole rings is 1. The number of aromatic nitrogens is 1. The molecule has 1 aromatic heterocycles. The van der Waals surface area contributed by atoms with E-state index in [2.05, 4.69) is 31.1 Å². The van der Waals surface area contributed by atoms with Crippen LogP contribution >= 0.6 is 0 Å². The molecular formula is C18H28N2O2. The molecule has 4 heteroatoms. The predicted octanol–water partition coefficient (Wildman–Crippen LogP) is 3.46. The molecule has 2 saturated carbocycles. The molecule has 1 heterocycles. The third-order valence-electron chi connectivity index (χ3n) is 5.30. The molecule has 22 heavy (non-hydrogen) atoms. The van der Waals surface area contributed by atoms with Gasteiger partial charge in [0.15, 0.2) is 5.89 Å². The van der Waals surface area contributed by atoms with Crippen LogP contribution in [0.15, 0.2) is 10.6 Å². The highest BCUT2D eigenvalue weighted by atomic mass is 16.4. The van der Waals surface area contributed by atoms with Gasteiger partial charge in [0.1, 0.15) is 5.76 Å². The Morgan fingerprint density at radius 2 is 2.18 bits per heavy atom. The lowest BCUT2D eigenvalue weighted by Gasteiger charge is -2.21. The molecular weight excluding hydrogens is 276 g/mol. The van der Waals surface area contributed by atoms with Crippen LogP contribution in [-0.4, -0.2) is 17.4 Å². The third-order valence-corrected chi connectivity index (χ3v) is 5.30. The van der Waals surface area contributed by atoms with Crippen LogP contribution in [0.3, 0.4) is 0 Å². The van der Waals surface area contributed by atoms with Crippen LogP contribution in [0.5, 0.6) is 0 Å². The number of hydrogen-bond acceptors (Lipinski definition) is 3. The molecule has 0 aromatic carbocycles. The van der Waals surface area contributed by atoms with Crippen molar-refractivity contribution in [3.8, 4) is 0 Å². The van der Waals surface area contributed by atoms with Crippen molar-refractivity contribution >= 4 is 5.91 Å². The number of fused-ring (bicyclic) bond motifs is 2. The van der Waals surface area contributed by atoms with Gasteiger partial charge in [0, 0.05) is 24.8 Å². The third kappa shape index (κ3) is 3.53. The normalized spacial score (nSPS) is 27.3. The molecule has 1 N–H and O–H groups in total. The van der Waals surface area contributed by atoms with Gasteiger partial charge in [-0.25, -0.2) is 4.98 Å². The van der Waals surface area contributed by atoms with Gasteiger partial charge in [0.25, 0.3) is 0 Å². The Morgan fingerprint density at radius 1 is 1.36 bits per heavy atom. The highest BCUT2D eigenvalue weighted by molar-refractivity contribution is 5.76. The van der Waals surface area contributed by atoms with E-state index in [1.165, 1.54) is 25.7 Å². The lowest BCUT2D eigenvalue weighted by Crippen LogP contribution is -2.31. The lowest BCUT2D eigenvalue weighted by atomic mass is 9.89. The van der Waals surface area contributed by atoms with Crippen LogP contribution in [0.2, 0.25) is 0 Å². The van der Waals surface area contributed by atoms with Gasteiger partial charge in [-0.1, -0.05) is 27.2 Å². The summed E-state index contributed by atoms with van der Waals surface area (Å²) < 4.78 is 5.73. The summed E-state index contributed by atoms with van der Waals surface area (Å²) in [5.41, 5.74) is -0.0324. The minimum atomic E-state index is -0.0324. The molecule has 2 aliphatic rings. The Kier molecular flexibility index (Phi) is 4.28. The zero-order valence-corrected chi connectivity index (χ0v) is 14.0. The molecule has 3 rings (SSSR count). The van der Waals surface area contributed by atoms with Crippen molar-refractivity contribution in [2.75, 3.05) is 6.54 Å². The van der Waals surface area contributed by atoms with E-state index in [4.69, 9.17) is 4.42 Å². The second-order valence-electron chi connectivity index (χ2n) is 8.11. The molecule has 0 radical (unpaired) electrons. The summed E-state index contributed by atoms with van der Waals surface area (Å²) in [5.74, 6) is 4.20. The molecule has 3 atom stereocenters. The second-order valence-corrected chi connectivity index (χ2v) is 8.11. The average Bonchev–Trinajstić information content (AvgIpc) is 3.17. The smallest absolute Gasteiger partial charge is 0.220 e. The van der Waals surface area contributed by atoms with E-state index in [9.17, 15) is 4.79 Å². The maximum Gasteiger partial charge on any atom is 0.220 e. The van der Waals surface area contributed by atoms with Gasteiger partial charge in [-0.15, -0.1) is 0 Å². The molecule has 1 amide bonds. The van der Waals surface area contributed by atoms with Crippen molar-refractivity contribution in [3.63, 3.8) is 0 Å². The van der Waals surface area contributed by atoms with Crippen molar-refractivity contribution in [3.05, 3.63) is 17.8 Å². The van der Waals surface area contributed by atoms with Gasteiger partial charge in [-0.05, 0) is 37.0 Å². The van der Waals surface area contributed by atoms with Gasteiger partial charge in [-0.2, -0.15) is 0 Å². The van der Waals surface area contributed by atoms with Crippen LogP contribution in [0.1, 0.15) is 64.5 Å². The summed E-state index contributed by atoms with van der Waals surface area (Å²) in [4.78, 5) is 16.3. The SMILES string of the molecule is CC(C)(C)c1cnc(CCC(=O)NC[C@H]2C[C@H]3CC[C@H]2C3)o1. The number of nitrogens with one attached hydrogen (secondary N) is 1. The highest BCUT2D eigenvalue weighted by Crippen LogP contribution is 2.47. The minimum Gasteiger partial charge on any atom is -0.445 e. The summed E-state index contributed by atoms with van der Waals surface area (Å²) in [6.07, 6.45) is 8.32. The van der Waals surface area contributed by atoms with Crippen molar-refractivity contribution in [2.45, 2.75) is 64.7 Å². The number of nitrogens with zero attached hydrogens (tertiary/aromatic N) is 1. The monoisotopic (exact) mass is 304 g/mol. The molecule has 2 bridgehead atoms. The zero-order valence-electron chi connectivity index (χ0n) is 14.0. The predicted molar refractivity (Wildman–Crippen MR) is 85.5 cm³/mol. The highest BCUT2D eigenvalue weighted by Gasteiger charge is 2.39. The molecule has 1 aromatic rings. The first kappa shape index (κ1) is 15.6. The first-order valence-corrected chi connectivity index (χ1v) is 8.63. The topological polar surface area (TPSA) is 55.1 Å². The fraction of sp³-hybridized carbons (Fsp3) is 0.778. The van der Waals surface area contributed by atoms with Crippen LogP contribution < -0.4 is 5.32 Å². The molecule has 0 saturated heterocycles. The summed E-state index contributed by atoms with van der Waals surface area (Å²) in [6.45, 7) is 7.15. The number of rotatable bonds is 5. The van der Waals surface area contributed by atoms with E-state index in [-0.39, 0.29) is 11.3 Å². The van der Waals surface area contributed by atoms with Crippen LogP contribution in [0.4, 0.5) is 0 Å². The van der Waals surface area contributed by atoms with Crippen molar-refractivity contribution < 1.29 is 9.21 Å². The second kappa shape index (κ2) is 6.05. The van der Waals surface area contributed by atoms with Crippen molar-refractivity contribution in [2.24, 2.45) is 17.8 Å². The van der Waals surface area contributed by atoms with Crippen LogP contribution in [0, 0.1) is 17.8 Å². The molecule has 122 valence electrons. The van der Waals surface area contributed by atoms with Crippen LogP contribution in [-0.2, 0) is 16.6 Å². The Hall–Kier alpha value is -1.32. The Labute approximate surface area is 133 Å². The Bertz CT molecular complexity index is 529. The average molecular weight is 304 g/mol. The minimum absolute atomic E-state index is 0.0324. The van der Waals surface area contributed by atoms with Gasteiger partial charge < -0.3 is 9.73 Å². The number of aryl methyl sites for hydroxylation is 1. The number of hydrogen-bond donors (Lipinski definition) is 1. The van der Waals surface area contributed by atoms with E-state index in [1.54, 1.807) is 6.20 Å². The fourth-order valence-electron chi connectivity index (χ4n) is 3.95. The molecule has 0 aliphatic heterocycles. The first-order valence-electron chi connectivity index (χ1n) is 8.63. The Balaban J connectivity index is 1.40. The maximum absolute atomic E-state index is 12.0. The maximum atomic E-state index is 12.0. The number of carbonyl (C=O) groups is 1. The van der Waals surface area contributed by atoms with Crippen LogP contribution in [0.25, 0.3) is 0 Å². The van der Waals surface area contributed by atoms with Gasteiger partial charge in [0.2, 0.25) is 5.91 Å². The summed E-state index contributed by atoms with van der Waals surface area (Å²) >= 11 is 0. The molecule has 2 aliphatic carbocycles. The molecule has 2 fully saturated rings. The van der Waals surface area contributed by atoms with Gasteiger partial charge >= 0.3 is 0 Å². The Morgan fingerprint density at radius 3 is 2.77 bits per heavy atom. The molecule has 0 spiro atoms. The largest absolute Gasteiger partial charge is 0.445 e. The molecule has 4 nitrogen and oxygen atoms in total. The van der Waals surface area contributed by atoms with Gasteiger partial charge in [0.05, 0.1) is 6.20 Å². The number of amides is 1. The van der Waals surface area contributed by atoms with E-state index < -0.39 is 0 Å². The van der Waals surface area contributed by atoms with Crippen molar-refractivity contribution in [1.29, 1.82) is 0 Å². The summed E-state index contributed by atoms with van der Waals surface area (Å²) in [5, 5.41) is 3.11. The summed E-state index contributed by atoms with van der Waals surface area (Å²) in [6, 6.07) is 0. The number of carbonyl (C=O) groups excluding carboxylic acids is 1. The molecule has 0 unspecified atom stereocenters. The van der Waals surface area contributed by atoms with E-state index in [0.29, 0.717) is 18.7 Å². The standard InChI is InChI=1S/C18H28N2O2/c1-18(2,3)15-11-20-17(22-15)7-6-16(21)19-10-14-9-12-4-5-13(14)8-12/h11-14H,4-10H2,1-3H3,(H,19,21)/t12-,13-,14+/m0/s1. The van der Waals surface area contributed by atoms with E-state index in [1.807, 2.05) is 0 Å². The van der Waals surface area contributed by atoms with E-state index >= 15 is 0 Å². The quantitative estimate of drug-likeness (QED) is 0.906. The van der Waals surface area contributed by atoms with E-state index in [0.717, 1.165) is 30.1 Å². The lowest BCUT2D eigenvalue weighted by molar-refractivity contribution is -0.121. The summed E-state index contributed by atoms with van der Waals surface area (Å²) in [7, 11) is 0. The zero-order chi connectivity index (χ0) is 15.7. The first-order chi connectivity index (χ1) is 10.4. The fourth-order valence-corrected chi connectivity index (χ4v) is 3.95. The van der Waals surface area contributed by atoms with Crippen molar-refractivity contribution in [1.82, 2.24) is 10.3 Å².